The van der Waals surface area contributed by atoms with Crippen LogP contribution in [-0.2, 0) is 10.0 Å². The van der Waals surface area contributed by atoms with Gasteiger partial charge in [-0.2, -0.15) is 5.10 Å². The summed E-state index contributed by atoms with van der Waals surface area (Å²) in [6.07, 6.45) is 0. The van der Waals surface area contributed by atoms with Crippen LogP contribution in [-0.4, -0.2) is 28.8 Å². The van der Waals surface area contributed by atoms with Gasteiger partial charge in [0.05, 0.1) is 10.3 Å². The van der Waals surface area contributed by atoms with Gasteiger partial charge in [0.15, 0.2) is 11.5 Å². The Morgan fingerprint density at radius 2 is 1.58 bits per heavy atom. The van der Waals surface area contributed by atoms with E-state index < -0.39 is 10.0 Å². The smallest absolute Gasteiger partial charge is 0.238 e. The number of hydrogen-bond donors (Lipinski definition) is 3. The largest absolute Gasteiger partial charge is 0.382 e. The maximum atomic E-state index is 11.5. The van der Waals surface area contributed by atoms with Crippen molar-refractivity contribution < 1.29 is 8.42 Å². The standard InChI is InChI=1S/C17H14N6O2S/c18-16-14-13(10-6-8-12(9-7-10)26(19,24)25)15(11-4-2-1-3-5-11)20-22-17(14)23-21-16/h1-9H,(H2,19,24,25)(H3,18,21,22,23). The third-order valence-corrected chi connectivity index (χ3v) is 4.96. The van der Waals surface area contributed by atoms with Crippen molar-refractivity contribution in [2.24, 2.45) is 5.14 Å². The van der Waals surface area contributed by atoms with Crippen molar-refractivity contribution in [3.8, 4) is 22.4 Å². The number of anilines is 1. The number of aromatic amines is 1. The number of benzene rings is 2. The van der Waals surface area contributed by atoms with Crippen LogP contribution in [0.25, 0.3) is 33.4 Å². The molecule has 0 aliphatic rings. The predicted octanol–water partition coefficient (Wildman–Crippen LogP) is 1.92. The maximum absolute atomic E-state index is 11.5. The number of aromatic nitrogens is 4. The SMILES string of the molecule is Nc1n[nH]c2nnc(-c3ccccc3)c(-c3ccc(S(N)(=O)=O)cc3)c12. The molecule has 0 amide bonds. The number of nitrogen functional groups attached to an aromatic ring is 1. The Morgan fingerprint density at radius 1 is 0.885 bits per heavy atom. The number of nitrogens with one attached hydrogen (secondary N) is 1. The van der Waals surface area contributed by atoms with E-state index in [0.717, 1.165) is 11.1 Å². The zero-order valence-corrected chi connectivity index (χ0v) is 14.2. The Balaban J connectivity index is 2.02. The number of fused-ring (bicyclic) bond motifs is 1. The molecule has 26 heavy (non-hydrogen) atoms. The fourth-order valence-corrected chi connectivity index (χ4v) is 3.34. The molecule has 5 N–H and O–H groups in total. The van der Waals surface area contributed by atoms with Gasteiger partial charge in [0, 0.05) is 11.1 Å². The molecule has 0 bridgehead atoms. The molecule has 0 radical (unpaired) electrons. The molecule has 0 fully saturated rings. The fraction of sp³-hybridized carbons (Fsp3) is 0. The summed E-state index contributed by atoms with van der Waals surface area (Å²) in [6, 6.07) is 15.7. The third kappa shape index (κ3) is 2.68. The van der Waals surface area contributed by atoms with Crippen LogP contribution in [0.2, 0.25) is 0 Å². The molecule has 2 aromatic heterocycles. The molecule has 0 aliphatic heterocycles. The zero-order chi connectivity index (χ0) is 18.3. The van der Waals surface area contributed by atoms with E-state index in [1.54, 1.807) is 12.1 Å². The Bertz CT molecular complexity index is 1200. The van der Waals surface area contributed by atoms with Gasteiger partial charge < -0.3 is 5.73 Å². The van der Waals surface area contributed by atoms with Crippen molar-refractivity contribution >= 4 is 26.9 Å². The molecule has 4 rings (SSSR count). The number of nitrogens with two attached hydrogens (primary N) is 2. The minimum Gasteiger partial charge on any atom is -0.382 e. The Morgan fingerprint density at radius 3 is 2.23 bits per heavy atom. The number of rotatable bonds is 3. The van der Waals surface area contributed by atoms with E-state index in [1.165, 1.54) is 12.1 Å². The highest BCUT2D eigenvalue weighted by Gasteiger charge is 2.19. The summed E-state index contributed by atoms with van der Waals surface area (Å²) in [6.45, 7) is 0. The van der Waals surface area contributed by atoms with Gasteiger partial charge >= 0.3 is 0 Å². The average molecular weight is 366 g/mol. The van der Waals surface area contributed by atoms with Gasteiger partial charge in [-0.1, -0.05) is 42.5 Å². The summed E-state index contributed by atoms with van der Waals surface area (Å²) in [5.74, 6) is 0.289. The quantitative estimate of drug-likeness (QED) is 0.506. The van der Waals surface area contributed by atoms with E-state index in [0.29, 0.717) is 22.3 Å². The average Bonchev–Trinajstić information content (AvgIpc) is 3.02. The lowest BCUT2D eigenvalue weighted by molar-refractivity contribution is 0.598. The molecular weight excluding hydrogens is 352 g/mol. The lowest BCUT2D eigenvalue weighted by Crippen LogP contribution is -2.11. The van der Waals surface area contributed by atoms with E-state index in [2.05, 4.69) is 20.4 Å². The maximum Gasteiger partial charge on any atom is 0.238 e. The highest BCUT2D eigenvalue weighted by atomic mass is 32.2. The lowest BCUT2D eigenvalue weighted by atomic mass is 9.97. The van der Waals surface area contributed by atoms with Crippen molar-refractivity contribution in [3.63, 3.8) is 0 Å². The van der Waals surface area contributed by atoms with Crippen LogP contribution in [0, 0.1) is 0 Å². The topological polar surface area (TPSA) is 141 Å². The second kappa shape index (κ2) is 5.90. The molecule has 0 aliphatic carbocycles. The molecule has 4 aromatic rings. The van der Waals surface area contributed by atoms with Crippen LogP contribution in [0.3, 0.4) is 0 Å². The summed E-state index contributed by atoms with van der Waals surface area (Å²) in [5, 5.41) is 21.0. The molecule has 130 valence electrons. The molecule has 9 heteroatoms. The fourth-order valence-electron chi connectivity index (χ4n) is 2.82. The van der Waals surface area contributed by atoms with Crippen LogP contribution in [0.5, 0.6) is 0 Å². The molecule has 0 unspecified atom stereocenters. The van der Waals surface area contributed by atoms with E-state index in [9.17, 15) is 8.42 Å². The first kappa shape index (κ1) is 16.2. The third-order valence-electron chi connectivity index (χ3n) is 4.03. The van der Waals surface area contributed by atoms with E-state index in [1.807, 2.05) is 30.3 Å². The highest BCUT2D eigenvalue weighted by molar-refractivity contribution is 7.89. The first-order valence-corrected chi connectivity index (χ1v) is 9.18. The number of nitrogens with zero attached hydrogens (tertiary/aromatic N) is 3. The van der Waals surface area contributed by atoms with Gasteiger partial charge in [0.2, 0.25) is 10.0 Å². The summed E-state index contributed by atoms with van der Waals surface area (Å²) in [7, 11) is -3.78. The second-order valence-corrected chi connectivity index (χ2v) is 7.25. The van der Waals surface area contributed by atoms with Gasteiger partial charge in [-0.3, -0.25) is 5.10 Å². The number of sulfonamides is 1. The molecule has 8 nitrogen and oxygen atoms in total. The van der Waals surface area contributed by atoms with Crippen molar-refractivity contribution in [1.82, 2.24) is 20.4 Å². The van der Waals surface area contributed by atoms with Gasteiger partial charge in [0.1, 0.15) is 5.69 Å². The molecule has 0 saturated carbocycles. The molecule has 2 aromatic carbocycles. The first-order chi connectivity index (χ1) is 12.4. The van der Waals surface area contributed by atoms with Crippen LogP contribution in [0.1, 0.15) is 0 Å². The molecule has 2 heterocycles. The van der Waals surface area contributed by atoms with Gasteiger partial charge in [0.25, 0.3) is 0 Å². The van der Waals surface area contributed by atoms with Gasteiger partial charge in [-0.15, -0.1) is 10.2 Å². The van der Waals surface area contributed by atoms with E-state index in [-0.39, 0.29) is 10.7 Å². The zero-order valence-electron chi connectivity index (χ0n) is 13.4. The number of hydrogen-bond acceptors (Lipinski definition) is 6. The summed E-state index contributed by atoms with van der Waals surface area (Å²) < 4.78 is 23.0. The number of H-pyrrole nitrogens is 1. The van der Waals surface area contributed by atoms with Crippen molar-refractivity contribution in [2.45, 2.75) is 4.90 Å². The normalized spacial score (nSPS) is 11.7. The molecule has 0 atom stereocenters. The van der Waals surface area contributed by atoms with Gasteiger partial charge in [-0.05, 0) is 17.7 Å². The monoisotopic (exact) mass is 366 g/mol. The number of primary sulfonamides is 1. The van der Waals surface area contributed by atoms with Gasteiger partial charge in [-0.25, -0.2) is 13.6 Å². The lowest BCUT2D eigenvalue weighted by Gasteiger charge is -2.10. The Labute approximate surface area is 148 Å². The summed E-state index contributed by atoms with van der Waals surface area (Å²) >= 11 is 0. The molecule has 0 spiro atoms. The van der Waals surface area contributed by atoms with Crippen LogP contribution in [0.4, 0.5) is 5.82 Å². The summed E-state index contributed by atoms with van der Waals surface area (Å²) in [5.41, 5.74) is 9.40. The highest BCUT2D eigenvalue weighted by Crippen LogP contribution is 2.37. The van der Waals surface area contributed by atoms with Crippen LogP contribution >= 0.6 is 0 Å². The minimum absolute atomic E-state index is 0.0286. The second-order valence-electron chi connectivity index (χ2n) is 5.69. The van der Waals surface area contributed by atoms with Crippen LogP contribution < -0.4 is 10.9 Å². The van der Waals surface area contributed by atoms with Crippen molar-refractivity contribution in [2.75, 3.05) is 5.73 Å². The molecule has 0 saturated heterocycles. The van der Waals surface area contributed by atoms with E-state index in [4.69, 9.17) is 10.9 Å². The predicted molar refractivity (Wildman–Crippen MR) is 98.3 cm³/mol. The van der Waals surface area contributed by atoms with E-state index >= 15 is 0 Å². The van der Waals surface area contributed by atoms with Crippen LogP contribution in [0.15, 0.2) is 59.5 Å². The van der Waals surface area contributed by atoms with Crippen molar-refractivity contribution in [1.29, 1.82) is 0 Å². The minimum atomic E-state index is -3.78. The van der Waals surface area contributed by atoms with Crippen molar-refractivity contribution in [3.05, 3.63) is 54.6 Å². The Kier molecular flexibility index (Phi) is 3.67. The Hall–Kier alpha value is -3.30. The summed E-state index contributed by atoms with van der Waals surface area (Å²) in [4.78, 5) is 0.0286. The first-order valence-electron chi connectivity index (χ1n) is 7.64. The molecular formula is C17H14N6O2S.